The number of benzene rings is 2. The first-order chi connectivity index (χ1) is 12.0. The molecule has 0 aliphatic heterocycles. The van der Waals surface area contributed by atoms with Gasteiger partial charge in [0.15, 0.2) is 5.58 Å². The monoisotopic (exact) mass is 400 g/mol. The number of nitrogens with zero attached hydrogens (tertiary/aromatic N) is 1. The minimum absolute atomic E-state index is 0.105. The van der Waals surface area contributed by atoms with Crippen LogP contribution in [0.3, 0.4) is 0 Å². The molecule has 3 rings (SSSR count). The Balaban J connectivity index is 1.55. The third-order valence-electron chi connectivity index (χ3n) is 3.02. The number of nitrogens with one attached hydrogen (secondary N) is 1. The number of hydrogen-bond acceptors (Lipinski definition) is 5. The second-order valence-corrected chi connectivity index (χ2v) is 7.26. The molecule has 25 heavy (non-hydrogen) atoms. The molecule has 0 atom stereocenters. The summed E-state index contributed by atoms with van der Waals surface area (Å²) in [6.45, 7) is 0. The second-order valence-electron chi connectivity index (χ2n) is 4.83. The summed E-state index contributed by atoms with van der Waals surface area (Å²) in [5, 5.41) is 3.62. The van der Waals surface area contributed by atoms with Gasteiger partial charge in [-0.05, 0) is 42.5 Å². The van der Waals surface area contributed by atoms with Gasteiger partial charge in [0.25, 0.3) is 11.0 Å². The van der Waals surface area contributed by atoms with Gasteiger partial charge in [-0.3, -0.25) is 4.79 Å². The van der Waals surface area contributed by atoms with Gasteiger partial charge in [-0.1, -0.05) is 35.1 Å². The standard InChI is InChI=1S/C16H11ClF2N2O2S2/c17-9-1-6-13-12(7-9)21-16(23-13)24-8-14(22)20-10-2-4-11(5-3-10)25-15(18)19/h1-7,15H,8H2,(H,20,22). The van der Waals surface area contributed by atoms with E-state index in [4.69, 9.17) is 16.0 Å². The maximum absolute atomic E-state index is 12.3. The summed E-state index contributed by atoms with van der Waals surface area (Å²) in [5.74, 6) is -2.61. The van der Waals surface area contributed by atoms with Crippen LogP contribution in [0.25, 0.3) is 11.1 Å². The van der Waals surface area contributed by atoms with Crippen molar-refractivity contribution in [3.63, 3.8) is 0 Å². The van der Waals surface area contributed by atoms with Crippen LogP contribution in [0.1, 0.15) is 0 Å². The Labute approximate surface area is 155 Å². The van der Waals surface area contributed by atoms with E-state index in [1.807, 2.05) is 0 Å². The fourth-order valence-electron chi connectivity index (χ4n) is 1.99. The molecule has 0 saturated heterocycles. The fraction of sp³-hybridized carbons (Fsp3) is 0.125. The summed E-state index contributed by atoms with van der Waals surface area (Å²) in [4.78, 5) is 16.7. The molecule has 0 aliphatic rings. The summed E-state index contributed by atoms with van der Waals surface area (Å²) < 4.78 is 30.0. The van der Waals surface area contributed by atoms with Crippen LogP contribution in [0.15, 0.2) is 57.0 Å². The minimum Gasteiger partial charge on any atom is -0.431 e. The maximum Gasteiger partial charge on any atom is 0.288 e. The van der Waals surface area contributed by atoms with E-state index >= 15 is 0 Å². The molecule has 9 heteroatoms. The Morgan fingerprint density at radius 1 is 1.24 bits per heavy atom. The Kier molecular flexibility index (Phi) is 5.82. The average molecular weight is 401 g/mol. The first-order valence-electron chi connectivity index (χ1n) is 7.03. The van der Waals surface area contributed by atoms with Crippen LogP contribution in [0.5, 0.6) is 0 Å². The topological polar surface area (TPSA) is 55.1 Å². The highest BCUT2D eigenvalue weighted by molar-refractivity contribution is 7.99. The lowest BCUT2D eigenvalue weighted by atomic mass is 10.3. The van der Waals surface area contributed by atoms with Crippen molar-refractivity contribution in [2.45, 2.75) is 15.9 Å². The van der Waals surface area contributed by atoms with Crippen LogP contribution in [0, 0.1) is 0 Å². The van der Waals surface area contributed by atoms with E-state index in [2.05, 4.69) is 10.3 Å². The number of thioether (sulfide) groups is 2. The van der Waals surface area contributed by atoms with Gasteiger partial charge in [0, 0.05) is 15.6 Å². The Bertz CT molecular complexity index is 887. The molecule has 0 fully saturated rings. The number of hydrogen-bond donors (Lipinski definition) is 1. The molecule has 130 valence electrons. The molecule has 4 nitrogen and oxygen atoms in total. The zero-order chi connectivity index (χ0) is 17.8. The van der Waals surface area contributed by atoms with E-state index in [0.29, 0.717) is 43.7 Å². The number of fused-ring (bicyclic) bond motifs is 1. The van der Waals surface area contributed by atoms with E-state index in [1.54, 1.807) is 30.3 Å². The highest BCUT2D eigenvalue weighted by atomic mass is 35.5. The van der Waals surface area contributed by atoms with Crippen LogP contribution in [0.4, 0.5) is 14.5 Å². The van der Waals surface area contributed by atoms with E-state index in [9.17, 15) is 13.6 Å². The molecule has 2 aromatic carbocycles. The zero-order valence-electron chi connectivity index (χ0n) is 12.5. The zero-order valence-corrected chi connectivity index (χ0v) is 14.9. The van der Waals surface area contributed by atoms with Gasteiger partial charge in [-0.25, -0.2) is 4.98 Å². The Morgan fingerprint density at radius 2 is 2.00 bits per heavy atom. The van der Waals surface area contributed by atoms with Crippen molar-refractivity contribution >= 4 is 57.8 Å². The van der Waals surface area contributed by atoms with Crippen molar-refractivity contribution in [3.8, 4) is 0 Å². The molecule has 0 unspecified atom stereocenters. The van der Waals surface area contributed by atoms with Gasteiger partial charge >= 0.3 is 0 Å². The van der Waals surface area contributed by atoms with Gasteiger partial charge in [0.1, 0.15) is 5.52 Å². The van der Waals surface area contributed by atoms with Crippen LogP contribution >= 0.6 is 35.1 Å². The smallest absolute Gasteiger partial charge is 0.288 e. The number of rotatable bonds is 6. The second kappa shape index (κ2) is 8.07. The molecule has 0 radical (unpaired) electrons. The van der Waals surface area contributed by atoms with Crippen LogP contribution < -0.4 is 5.32 Å². The van der Waals surface area contributed by atoms with Gasteiger partial charge in [-0.2, -0.15) is 8.78 Å². The van der Waals surface area contributed by atoms with Crippen molar-refractivity contribution in [3.05, 3.63) is 47.5 Å². The van der Waals surface area contributed by atoms with Crippen molar-refractivity contribution in [1.82, 2.24) is 4.98 Å². The highest BCUT2D eigenvalue weighted by Crippen LogP contribution is 2.27. The summed E-state index contributed by atoms with van der Waals surface area (Å²) in [6, 6.07) is 11.3. The lowest BCUT2D eigenvalue weighted by Gasteiger charge is -2.05. The van der Waals surface area contributed by atoms with E-state index in [0.717, 1.165) is 11.8 Å². The number of aromatic nitrogens is 1. The first kappa shape index (κ1) is 18.0. The van der Waals surface area contributed by atoms with Gasteiger partial charge in [0.05, 0.1) is 5.75 Å². The molecule has 1 aromatic heterocycles. The van der Waals surface area contributed by atoms with Gasteiger partial charge in [-0.15, -0.1) is 0 Å². The molecule has 1 N–H and O–H groups in total. The normalized spacial score (nSPS) is 11.2. The number of amides is 1. The first-order valence-corrected chi connectivity index (χ1v) is 9.27. The van der Waals surface area contributed by atoms with E-state index < -0.39 is 5.76 Å². The maximum atomic E-state index is 12.3. The third-order valence-corrected chi connectivity index (χ3v) is 4.81. The Morgan fingerprint density at radius 3 is 2.72 bits per heavy atom. The van der Waals surface area contributed by atoms with E-state index in [1.165, 1.54) is 12.1 Å². The van der Waals surface area contributed by atoms with Crippen LogP contribution in [-0.2, 0) is 4.79 Å². The molecular formula is C16H11ClF2N2O2S2. The average Bonchev–Trinajstić information content (AvgIpc) is 2.96. The summed E-state index contributed by atoms with van der Waals surface area (Å²) in [5.41, 5.74) is 1.76. The molecule has 1 heterocycles. The fourth-order valence-corrected chi connectivity index (χ4v) is 3.29. The van der Waals surface area contributed by atoms with Crippen molar-refractivity contribution in [2.75, 3.05) is 11.1 Å². The molecule has 1 amide bonds. The summed E-state index contributed by atoms with van der Waals surface area (Å²) in [6.07, 6.45) is 0. The predicted octanol–water partition coefficient (Wildman–Crippen LogP) is 5.53. The highest BCUT2D eigenvalue weighted by Gasteiger charge is 2.10. The molecule has 0 saturated carbocycles. The van der Waals surface area contributed by atoms with Gasteiger partial charge in [0.2, 0.25) is 5.91 Å². The minimum atomic E-state index is -2.47. The molecule has 0 bridgehead atoms. The lowest BCUT2D eigenvalue weighted by molar-refractivity contribution is -0.113. The quantitative estimate of drug-likeness (QED) is 0.551. The number of carbonyl (C=O) groups excluding carboxylic acids is 1. The third kappa shape index (κ3) is 5.10. The largest absolute Gasteiger partial charge is 0.431 e. The van der Waals surface area contributed by atoms with Gasteiger partial charge < -0.3 is 9.73 Å². The predicted molar refractivity (Wildman–Crippen MR) is 96.7 cm³/mol. The lowest BCUT2D eigenvalue weighted by Crippen LogP contribution is -2.13. The van der Waals surface area contributed by atoms with Crippen molar-refractivity contribution in [1.29, 1.82) is 0 Å². The SMILES string of the molecule is O=C(CSc1nc2cc(Cl)ccc2o1)Nc1ccc(SC(F)F)cc1. The number of alkyl halides is 2. The number of oxazole rings is 1. The number of halogens is 3. The van der Waals surface area contributed by atoms with Crippen molar-refractivity contribution < 1.29 is 18.0 Å². The van der Waals surface area contributed by atoms with E-state index in [-0.39, 0.29) is 11.7 Å². The molecule has 0 spiro atoms. The molecular weight excluding hydrogens is 390 g/mol. The molecule has 0 aliphatic carbocycles. The summed E-state index contributed by atoms with van der Waals surface area (Å²) >= 11 is 7.50. The van der Waals surface area contributed by atoms with Crippen LogP contribution in [-0.4, -0.2) is 22.4 Å². The number of anilines is 1. The molecule has 3 aromatic rings. The summed E-state index contributed by atoms with van der Waals surface area (Å²) in [7, 11) is 0. The van der Waals surface area contributed by atoms with Crippen molar-refractivity contribution in [2.24, 2.45) is 0 Å². The number of carbonyl (C=O) groups is 1. The van der Waals surface area contributed by atoms with Crippen LogP contribution in [0.2, 0.25) is 5.02 Å². The Hall–Kier alpha value is -1.77.